The minimum atomic E-state index is -1.02. The van der Waals surface area contributed by atoms with Crippen LogP contribution in [0.2, 0.25) is 0 Å². The van der Waals surface area contributed by atoms with Gasteiger partial charge in [0.2, 0.25) is 5.91 Å². The minimum Gasteiger partial charge on any atom is -0.481 e. The van der Waals surface area contributed by atoms with Crippen molar-refractivity contribution in [2.45, 2.75) is 78.2 Å². The highest BCUT2D eigenvalue weighted by Gasteiger charge is 2.32. The Bertz CT molecular complexity index is 450. The molecule has 0 rings (SSSR count). The van der Waals surface area contributed by atoms with Gasteiger partial charge in [-0.25, -0.2) is 4.79 Å². The second kappa shape index (κ2) is 8.86. The first-order valence-corrected chi connectivity index (χ1v) is 7.88. The van der Waals surface area contributed by atoms with Gasteiger partial charge in [0.25, 0.3) is 0 Å². The lowest BCUT2D eigenvalue weighted by atomic mass is 10.1. The molecule has 8 nitrogen and oxygen atoms in total. The molecule has 24 heavy (non-hydrogen) atoms. The number of alkyl carbamates (subject to hydrolysis) is 1. The van der Waals surface area contributed by atoms with E-state index in [1.165, 1.54) is 0 Å². The summed E-state index contributed by atoms with van der Waals surface area (Å²) in [5, 5.41) is 13.6. The maximum Gasteiger partial charge on any atom is 0.408 e. The Balaban J connectivity index is 4.97. The molecule has 3 N–H and O–H groups in total. The first-order chi connectivity index (χ1) is 10.7. The minimum absolute atomic E-state index is 0.0388. The van der Waals surface area contributed by atoms with Gasteiger partial charge >= 0.3 is 12.1 Å². The molecule has 8 heteroatoms. The molecule has 0 unspecified atom stereocenters. The average molecular weight is 346 g/mol. The van der Waals surface area contributed by atoms with Crippen LogP contribution in [0.5, 0.6) is 0 Å². The van der Waals surface area contributed by atoms with Crippen LogP contribution in [0.3, 0.4) is 0 Å². The zero-order valence-electron chi connectivity index (χ0n) is 15.6. The summed E-state index contributed by atoms with van der Waals surface area (Å²) in [7, 11) is 0. The van der Waals surface area contributed by atoms with Crippen LogP contribution in [0.15, 0.2) is 0 Å². The van der Waals surface area contributed by atoms with Crippen molar-refractivity contribution in [2.75, 3.05) is 6.54 Å². The van der Waals surface area contributed by atoms with Crippen molar-refractivity contribution in [2.24, 2.45) is 0 Å². The van der Waals surface area contributed by atoms with Crippen molar-refractivity contribution in [3.05, 3.63) is 0 Å². The Hall–Kier alpha value is -1.83. The van der Waals surface area contributed by atoms with Crippen molar-refractivity contribution < 1.29 is 29.0 Å². The zero-order valence-corrected chi connectivity index (χ0v) is 15.6. The molecule has 0 fully saturated rings. The highest BCUT2D eigenvalue weighted by Crippen LogP contribution is 2.14. The van der Waals surface area contributed by atoms with E-state index in [1.54, 1.807) is 27.7 Å². The average Bonchev–Trinajstić information content (AvgIpc) is 2.30. The van der Waals surface area contributed by atoms with Crippen LogP contribution >= 0.6 is 0 Å². The molecule has 2 amide bonds. The molecule has 0 aromatic heterocycles. The molecular weight excluding hydrogens is 316 g/mol. The van der Waals surface area contributed by atoms with Crippen molar-refractivity contribution >= 4 is 18.0 Å². The Kier molecular flexibility index (Phi) is 8.19. The van der Waals surface area contributed by atoms with Crippen molar-refractivity contribution in [1.29, 1.82) is 0 Å². The monoisotopic (exact) mass is 346 g/mol. The maximum absolute atomic E-state index is 12.3. The van der Waals surface area contributed by atoms with E-state index >= 15 is 0 Å². The first-order valence-electron chi connectivity index (χ1n) is 7.88. The summed E-state index contributed by atoms with van der Waals surface area (Å²) in [6, 6.07) is -1.01. The number of ether oxygens (including phenoxy) is 2. The highest BCUT2D eigenvalue weighted by atomic mass is 16.6. The van der Waals surface area contributed by atoms with Crippen molar-refractivity contribution in [1.82, 2.24) is 10.6 Å². The standard InChI is InChI=1S/C16H30N2O6/c1-10(23-15(2,3)4)12(13(21)17-9-8-11(19)20)18-14(22)24-16(5,6)7/h10,12H,8-9H2,1-7H3,(H,17,21)(H,18,22)(H,19,20)/t10-,12+/m1/s1. The van der Waals surface area contributed by atoms with Gasteiger partial charge in [0.05, 0.1) is 18.1 Å². The van der Waals surface area contributed by atoms with E-state index in [2.05, 4.69) is 10.6 Å². The molecule has 0 aliphatic carbocycles. The zero-order chi connectivity index (χ0) is 19.1. The van der Waals surface area contributed by atoms with Gasteiger partial charge in [-0.05, 0) is 48.5 Å². The Labute approximate surface area is 143 Å². The van der Waals surface area contributed by atoms with Crippen LogP contribution in [0, 0.1) is 0 Å². The van der Waals surface area contributed by atoms with Crippen LogP contribution < -0.4 is 10.6 Å². The predicted molar refractivity (Wildman–Crippen MR) is 88.7 cm³/mol. The van der Waals surface area contributed by atoms with Gasteiger partial charge in [-0.3, -0.25) is 9.59 Å². The van der Waals surface area contributed by atoms with Gasteiger partial charge in [0.15, 0.2) is 0 Å². The van der Waals surface area contributed by atoms with Gasteiger partial charge in [-0.2, -0.15) is 0 Å². The molecule has 0 heterocycles. The number of carboxylic acid groups (broad SMARTS) is 1. The second-order valence-electron chi connectivity index (χ2n) is 7.49. The summed E-state index contributed by atoms with van der Waals surface area (Å²) in [6.45, 7) is 12.2. The van der Waals surface area contributed by atoms with Gasteiger partial charge in [0, 0.05) is 6.54 Å². The number of rotatable bonds is 7. The highest BCUT2D eigenvalue weighted by molar-refractivity contribution is 5.86. The van der Waals surface area contributed by atoms with E-state index in [4.69, 9.17) is 14.6 Å². The van der Waals surface area contributed by atoms with E-state index in [-0.39, 0.29) is 13.0 Å². The van der Waals surface area contributed by atoms with E-state index in [0.29, 0.717) is 0 Å². The molecule has 0 aromatic rings. The van der Waals surface area contributed by atoms with Crippen LogP contribution in [-0.4, -0.2) is 53.0 Å². The van der Waals surface area contributed by atoms with E-state index in [0.717, 1.165) is 0 Å². The van der Waals surface area contributed by atoms with Gasteiger partial charge in [0.1, 0.15) is 11.6 Å². The van der Waals surface area contributed by atoms with Crippen molar-refractivity contribution in [3.8, 4) is 0 Å². The molecule has 2 atom stereocenters. The molecule has 0 aliphatic rings. The number of hydrogen-bond acceptors (Lipinski definition) is 5. The lowest BCUT2D eigenvalue weighted by Crippen LogP contribution is -2.55. The predicted octanol–water partition coefficient (Wildman–Crippen LogP) is 1.67. The van der Waals surface area contributed by atoms with Gasteiger partial charge in [-0.1, -0.05) is 0 Å². The van der Waals surface area contributed by atoms with Gasteiger partial charge < -0.3 is 25.2 Å². The summed E-state index contributed by atoms with van der Waals surface area (Å²) >= 11 is 0. The summed E-state index contributed by atoms with van der Waals surface area (Å²) in [5.74, 6) is -1.55. The molecule has 0 radical (unpaired) electrons. The van der Waals surface area contributed by atoms with Crippen LogP contribution in [0.25, 0.3) is 0 Å². The molecule has 0 aromatic carbocycles. The van der Waals surface area contributed by atoms with E-state index in [1.807, 2.05) is 20.8 Å². The Morgan fingerprint density at radius 1 is 1.04 bits per heavy atom. The molecular formula is C16H30N2O6. The van der Waals surface area contributed by atoms with Crippen molar-refractivity contribution in [3.63, 3.8) is 0 Å². The smallest absolute Gasteiger partial charge is 0.408 e. The van der Waals surface area contributed by atoms with Crippen LogP contribution in [-0.2, 0) is 19.1 Å². The quantitative estimate of drug-likeness (QED) is 0.646. The number of nitrogens with one attached hydrogen (secondary N) is 2. The third kappa shape index (κ3) is 10.8. The third-order valence-electron chi connectivity index (χ3n) is 2.60. The largest absolute Gasteiger partial charge is 0.481 e. The normalized spacial score (nSPS) is 14.5. The first kappa shape index (κ1) is 22.2. The molecule has 0 spiro atoms. The maximum atomic E-state index is 12.3. The Morgan fingerprint density at radius 2 is 1.58 bits per heavy atom. The summed E-state index contributed by atoms with van der Waals surface area (Å²) in [6.07, 6.45) is -1.59. The third-order valence-corrected chi connectivity index (χ3v) is 2.60. The SMILES string of the molecule is C[C@@H](OC(C)(C)C)[C@H](NC(=O)OC(C)(C)C)C(=O)NCCC(=O)O. The second-order valence-corrected chi connectivity index (χ2v) is 7.49. The number of hydrogen-bond donors (Lipinski definition) is 3. The van der Waals surface area contributed by atoms with E-state index < -0.39 is 41.3 Å². The number of carbonyl (C=O) groups is 3. The lowest BCUT2D eigenvalue weighted by Gasteiger charge is -2.31. The molecule has 0 saturated heterocycles. The van der Waals surface area contributed by atoms with Crippen LogP contribution in [0.1, 0.15) is 54.9 Å². The number of amides is 2. The summed E-state index contributed by atoms with van der Waals surface area (Å²) in [4.78, 5) is 34.8. The lowest BCUT2D eigenvalue weighted by molar-refractivity contribution is -0.137. The fourth-order valence-electron chi connectivity index (χ4n) is 1.86. The summed E-state index contributed by atoms with van der Waals surface area (Å²) < 4.78 is 10.9. The topological polar surface area (TPSA) is 114 Å². The fourth-order valence-corrected chi connectivity index (χ4v) is 1.86. The number of carboxylic acids is 1. The number of aliphatic carboxylic acids is 1. The van der Waals surface area contributed by atoms with Crippen LogP contribution in [0.4, 0.5) is 4.79 Å². The fraction of sp³-hybridized carbons (Fsp3) is 0.812. The molecule has 0 saturated carbocycles. The Morgan fingerprint density at radius 3 is 2.00 bits per heavy atom. The summed E-state index contributed by atoms with van der Waals surface area (Å²) in [5.41, 5.74) is -1.23. The molecule has 140 valence electrons. The molecule has 0 aliphatic heterocycles. The van der Waals surface area contributed by atoms with Gasteiger partial charge in [-0.15, -0.1) is 0 Å². The number of carbonyl (C=O) groups excluding carboxylic acids is 2. The molecule has 0 bridgehead atoms. The van der Waals surface area contributed by atoms with E-state index in [9.17, 15) is 14.4 Å².